The number of nitro groups is 1. The van der Waals surface area contributed by atoms with Crippen LogP contribution >= 0.6 is 0 Å². The Morgan fingerprint density at radius 3 is 2.52 bits per heavy atom. The van der Waals surface area contributed by atoms with Gasteiger partial charge in [-0.3, -0.25) is 14.9 Å². The van der Waals surface area contributed by atoms with Gasteiger partial charge in [-0.1, -0.05) is 52.0 Å². The number of carbonyl (C=O) groups excluding carboxylic acids is 1. The molecule has 1 amide bonds. The van der Waals surface area contributed by atoms with Crippen LogP contribution in [0.1, 0.15) is 64.4 Å². The number of hydrogen-bond acceptors (Lipinski definition) is 3. The maximum Gasteiger partial charge on any atom is 0.274 e. The van der Waals surface area contributed by atoms with Crippen molar-refractivity contribution in [2.24, 2.45) is 5.92 Å². The fraction of sp³-hybridized carbons (Fsp3) is 0.611. The maximum atomic E-state index is 12.5. The number of rotatable bonds is 10. The zero-order chi connectivity index (χ0) is 17.2. The van der Waals surface area contributed by atoms with Crippen molar-refractivity contribution in [3.8, 4) is 0 Å². The normalized spacial score (nSPS) is 12.0. The van der Waals surface area contributed by atoms with Crippen molar-refractivity contribution < 1.29 is 9.72 Å². The predicted octanol–water partition coefficient (Wildman–Crippen LogP) is 5.23. The summed E-state index contributed by atoms with van der Waals surface area (Å²) >= 11 is 0. The molecule has 0 fully saturated rings. The number of aryl methyl sites for hydroxylation is 1. The third kappa shape index (κ3) is 6.38. The summed E-state index contributed by atoms with van der Waals surface area (Å²) in [6.07, 6.45) is 7.28. The molecule has 5 nitrogen and oxygen atoms in total. The van der Waals surface area contributed by atoms with Gasteiger partial charge in [0.05, 0.1) is 4.92 Å². The van der Waals surface area contributed by atoms with E-state index in [1.54, 1.807) is 19.1 Å². The van der Waals surface area contributed by atoms with E-state index < -0.39 is 4.92 Å². The summed E-state index contributed by atoms with van der Waals surface area (Å²) in [4.78, 5) is 23.0. The molecule has 0 aliphatic rings. The molecule has 0 saturated heterocycles. The summed E-state index contributed by atoms with van der Waals surface area (Å²) < 4.78 is 0. The molecule has 0 heterocycles. The number of carbonyl (C=O) groups is 1. The summed E-state index contributed by atoms with van der Waals surface area (Å²) in [5.41, 5.74) is 1.14. The molecule has 0 spiro atoms. The van der Waals surface area contributed by atoms with Crippen LogP contribution in [-0.4, -0.2) is 10.8 Å². The van der Waals surface area contributed by atoms with Gasteiger partial charge in [-0.25, -0.2) is 0 Å². The summed E-state index contributed by atoms with van der Waals surface area (Å²) in [5, 5.41) is 13.8. The van der Waals surface area contributed by atoms with Crippen LogP contribution in [0, 0.1) is 23.0 Å². The van der Waals surface area contributed by atoms with Gasteiger partial charge in [0.1, 0.15) is 0 Å². The predicted molar refractivity (Wildman–Crippen MR) is 93.6 cm³/mol. The molecule has 1 unspecified atom stereocenters. The lowest BCUT2D eigenvalue weighted by Crippen LogP contribution is -2.23. The van der Waals surface area contributed by atoms with E-state index in [2.05, 4.69) is 19.2 Å². The van der Waals surface area contributed by atoms with E-state index in [0.717, 1.165) is 32.1 Å². The van der Waals surface area contributed by atoms with Crippen LogP contribution < -0.4 is 5.32 Å². The van der Waals surface area contributed by atoms with Gasteiger partial charge in [0.15, 0.2) is 0 Å². The van der Waals surface area contributed by atoms with E-state index >= 15 is 0 Å². The molecule has 0 aliphatic heterocycles. The molecule has 0 bridgehead atoms. The van der Waals surface area contributed by atoms with Crippen molar-refractivity contribution in [2.75, 3.05) is 5.32 Å². The summed E-state index contributed by atoms with van der Waals surface area (Å²) in [5.74, 6) is -0.0429. The minimum absolute atomic E-state index is 0.0165. The van der Waals surface area contributed by atoms with Gasteiger partial charge in [-0.15, -0.1) is 0 Å². The Morgan fingerprint density at radius 1 is 1.17 bits per heavy atom. The minimum atomic E-state index is -0.417. The van der Waals surface area contributed by atoms with Gasteiger partial charge in [-0.05, 0) is 25.8 Å². The number of unbranched alkanes of at least 4 members (excludes halogenated alkanes) is 3. The number of nitrogens with zero attached hydrogens (tertiary/aromatic N) is 1. The monoisotopic (exact) mass is 320 g/mol. The molecule has 1 aromatic rings. The summed E-state index contributed by atoms with van der Waals surface area (Å²) in [7, 11) is 0. The smallest absolute Gasteiger partial charge is 0.274 e. The molecule has 0 radical (unpaired) electrons. The van der Waals surface area contributed by atoms with Crippen LogP contribution in [0.4, 0.5) is 11.4 Å². The highest BCUT2D eigenvalue weighted by Crippen LogP contribution is 2.24. The first-order valence-corrected chi connectivity index (χ1v) is 8.55. The van der Waals surface area contributed by atoms with Crippen LogP contribution in [0.3, 0.4) is 0 Å². The summed E-state index contributed by atoms with van der Waals surface area (Å²) in [6, 6.07) is 4.83. The first-order valence-electron chi connectivity index (χ1n) is 8.55. The average molecular weight is 320 g/mol. The van der Waals surface area contributed by atoms with E-state index in [0.29, 0.717) is 11.3 Å². The lowest BCUT2D eigenvalue weighted by molar-refractivity contribution is -0.385. The van der Waals surface area contributed by atoms with Crippen LogP contribution in [0.5, 0.6) is 0 Å². The molecule has 23 heavy (non-hydrogen) atoms. The standard InChI is InChI=1S/C18H28N2O3/c1-4-6-7-8-10-15(9-5-2)18(21)19-16-12-11-14(3)17(13-16)20(22)23/h11-13,15H,4-10H2,1-3H3,(H,19,21). The molecule has 0 aliphatic carbocycles. The van der Waals surface area contributed by atoms with Crippen molar-refractivity contribution in [3.63, 3.8) is 0 Å². The number of nitrogens with one attached hydrogen (secondary N) is 1. The number of nitro benzene ring substituents is 1. The van der Waals surface area contributed by atoms with Crippen molar-refractivity contribution >= 4 is 17.3 Å². The zero-order valence-corrected chi connectivity index (χ0v) is 14.4. The largest absolute Gasteiger partial charge is 0.326 e. The summed E-state index contributed by atoms with van der Waals surface area (Å²) in [6.45, 7) is 5.93. The minimum Gasteiger partial charge on any atom is -0.326 e. The van der Waals surface area contributed by atoms with Gasteiger partial charge >= 0.3 is 0 Å². The van der Waals surface area contributed by atoms with Gasteiger partial charge in [0.25, 0.3) is 5.69 Å². The Hall–Kier alpha value is -1.91. The lowest BCUT2D eigenvalue weighted by atomic mass is 9.95. The zero-order valence-electron chi connectivity index (χ0n) is 14.4. The Balaban J connectivity index is 2.70. The van der Waals surface area contributed by atoms with E-state index in [9.17, 15) is 14.9 Å². The highest BCUT2D eigenvalue weighted by molar-refractivity contribution is 5.92. The second-order valence-corrected chi connectivity index (χ2v) is 6.08. The van der Waals surface area contributed by atoms with Gasteiger partial charge in [0.2, 0.25) is 5.91 Å². The number of amides is 1. The maximum absolute atomic E-state index is 12.5. The van der Waals surface area contributed by atoms with Crippen molar-refractivity contribution in [2.45, 2.75) is 65.7 Å². The highest BCUT2D eigenvalue weighted by Gasteiger charge is 2.19. The number of benzene rings is 1. The third-order valence-corrected chi connectivity index (χ3v) is 4.09. The molecule has 1 aromatic carbocycles. The average Bonchev–Trinajstić information content (AvgIpc) is 2.52. The van der Waals surface area contributed by atoms with Crippen LogP contribution in [0.15, 0.2) is 18.2 Å². The molecule has 128 valence electrons. The quantitative estimate of drug-likeness (QED) is 0.364. The van der Waals surface area contributed by atoms with Crippen LogP contribution in [-0.2, 0) is 4.79 Å². The van der Waals surface area contributed by atoms with E-state index in [1.807, 2.05) is 0 Å². The van der Waals surface area contributed by atoms with Gasteiger partial charge < -0.3 is 5.32 Å². The van der Waals surface area contributed by atoms with Gasteiger partial charge in [0, 0.05) is 23.2 Å². The fourth-order valence-corrected chi connectivity index (χ4v) is 2.70. The van der Waals surface area contributed by atoms with Crippen molar-refractivity contribution in [3.05, 3.63) is 33.9 Å². The second kappa shape index (κ2) is 9.98. The van der Waals surface area contributed by atoms with Crippen molar-refractivity contribution in [1.82, 2.24) is 0 Å². The van der Waals surface area contributed by atoms with E-state index in [1.165, 1.54) is 18.9 Å². The molecule has 1 rings (SSSR count). The molecule has 1 atom stereocenters. The van der Waals surface area contributed by atoms with E-state index in [4.69, 9.17) is 0 Å². The topological polar surface area (TPSA) is 72.2 Å². The Kier molecular flexibility index (Phi) is 8.30. The molecule has 0 aromatic heterocycles. The first-order chi connectivity index (χ1) is 11.0. The van der Waals surface area contributed by atoms with Crippen LogP contribution in [0.2, 0.25) is 0 Å². The highest BCUT2D eigenvalue weighted by atomic mass is 16.6. The lowest BCUT2D eigenvalue weighted by Gasteiger charge is -2.16. The first kappa shape index (κ1) is 19.1. The molecule has 0 saturated carbocycles. The Morgan fingerprint density at radius 2 is 1.91 bits per heavy atom. The van der Waals surface area contributed by atoms with E-state index in [-0.39, 0.29) is 17.5 Å². The Labute approximate surface area is 138 Å². The molecular weight excluding hydrogens is 292 g/mol. The molecule has 1 N–H and O–H groups in total. The van der Waals surface area contributed by atoms with Crippen LogP contribution in [0.25, 0.3) is 0 Å². The van der Waals surface area contributed by atoms with Crippen molar-refractivity contribution in [1.29, 1.82) is 0 Å². The number of hydrogen-bond donors (Lipinski definition) is 1. The Bertz CT molecular complexity index is 529. The third-order valence-electron chi connectivity index (χ3n) is 4.09. The molecule has 5 heteroatoms. The second-order valence-electron chi connectivity index (χ2n) is 6.08. The molecular formula is C18H28N2O3. The fourth-order valence-electron chi connectivity index (χ4n) is 2.70. The van der Waals surface area contributed by atoms with Gasteiger partial charge in [-0.2, -0.15) is 0 Å². The SMILES string of the molecule is CCCCCCC(CCC)C(=O)Nc1ccc(C)c([N+](=O)[O-])c1. The number of anilines is 1.